The Hall–Kier alpha value is -2.22. The van der Waals surface area contributed by atoms with Crippen molar-refractivity contribution in [3.8, 4) is 0 Å². The minimum atomic E-state index is 0.269. The largest absolute Gasteiger partial charge is 0.346 e. The predicted octanol–water partition coefficient (Wildman–Crippen LogP) is 6.01. The van der Waals surface area contributed by atoms with Gasteiger partial charge in [0.1, 0.15) is 6.17 Å². The van der Waals surface area contributed by atoms with Crippen LogP contribution in [0.5, 0.6) is 0 Å². The molecule has 0 aromatic heterocycles. The van der Waals surface area contributed by atoms with E-state index in [2.05, 4.69) is 85.2 Å². The zero-order valence-electron chi connectivity index (χ0n) is 15.6. The van der Waals surface area contributed by atoms with Crippen molar-refractivity contribution in [2.24, 2.45) is 0 Å². The molecule has 0 saturated heterocycles. The van der Waals surface area contributed by atoms with Crippen LogP contribution in [-0.2, 0) is 0 Å². The first kappa shape index (κ1) is 16.3. The molecule has 2 nitrogen and oxygen atoms in total. The van der Waals surface area contributed by atoms with Crippen molar-refractivity contribution in [2.45, 2.75) is 58.7 Å². The second kappa shape index (κ2) is 6.59. The van der Waals surface area contributed by atoms with Gasteiger partial charge in [0, 0.05) is 23.1 Å². The molecule has 2 aromatic carbocycles. The van der Waals surface area contributed by atoms with Gasteiger partial charge in [-0.25, -0.2) is 0 Å². The molecule has 0 bridgehead atoms. The molecule has 0 amide bonds. The number of rotatable bonds is 3. The maximum atomic E-state index is 2.70. The minimum Gasteiger partial charge on any atom is -0.346 e. The van der Waals surface area contributed by atoms with Crippen molar-refractivity contribution < 1.29 is 0 Å². The quantitative estimate of drug-likeness (QED) is 0.679. The van der Waals surface area contributed by atoms with Crippen molar-refractivity contribution in [2.75, 3.05) is 4.90 Å². The topological polar surface area (TPSA) is 6.48 Å². The molecule has 0 radical (unpaired) electrons. The zero-order chi connectivity index (χ0) is 17.4. The molecule has 2 heteroatoms. The number of nitrogens with zero attached hydrogens (tertiary/aromatic N) is 2. The third kappa shape index (κ3) is 2.74. The van der Waals surface area contributed by atoms with E-state index >= 15 is 0 Å². The summed E-state index contributed by atoms with van der Waals surface area (Å²) in [6.45, 7) is 6.81. The second-order valence-electron chi connectivity index (χ2n) is 7.46. The van der Waals surface area contributed by atoms with Crippen LogP contribution < -0.4 is 4.90 Å². The number of aryl methyl sites for hydroxylation is 1. The van der Waals surface area contributed by atoms with E-state index in [9.17, 15) is 0 Å². The maximum absolute atomic E-state index is 2.70. The highest BCUT2D eigenvalue weighted by molar-refractivity contribution is 5.61. The smallest absolute Gasteiger partial charge is 0.132 e. The number of hydrogen-bond donors (Lipinski definition) is 0. The number of para-hydroxylation sites is 1. The molecule has 25 heavy (non-hydrogen) atoms. The number of benzene rings is 2. The van der Waals surface area contributed by atoms with Crippen LogP contribution in [0.2, 0.25) is 0 Å². The maximum Gasteiger partial charge on any atom is 0.132 e. The third-order valence-electron chi connectivity index (χ3n) is 5.97. The molecule has 130 valence electrons. The lowest BCUT2D eigenvalue weighted by atomic mass is 10.1. The molecule has 2 aromatic rings. The summed E-state index contributed by atoms with van der Waals surface area (Å²) in [5.41, 5.74) is 6.87. The highest BCUT2D eigenvalue weighted by atomic mass is 15.4. The Labute approximate surface area is 151 Å². The van der Waals surface area contributed by atoms with Gasteiger partial charge in [-0.3, -0.25) is 0 Å². The predicted molar refractivity (Wildman–Crippen MR) is 105 cm³/mol. The van der Waals surface area contributed by atoms with Gasteiger partial charge in [-0.05, 0) is 50.8 Å². The van der Waals surface area contributed by atoms with Gasteiger partial charge in [-0.15, -0.1) is 0 Å². The van der Waals surface area contributed by atoms with Gasteiger partial charge in [0.2, 0.25) is 0 Å². The summed E-state index contributed by atoms with van der Waals surface area (Å²) in [5.74, 6) is 0. The first-order valence-electron chi connectivity index (χ1n) is 9.54. The van der Waals surface area contributed by atoms with Gasteiger partial charge in [-0.2, -0.15) is 0 Å². The van der Waals surface area contributed by atoms with Gasteiger partial charge < -0.3 is 9.80 Å². The van der Waals surface area contributed by atoms with E-state index in [1.165, 1.54) is 53.9 Å². The lowest BCUT2D eigenvalue weighted by Gasteiger charge is -2.39. The van der Waals surface area contributed by atoms with Crippen molar-refractivity contribution in [3.05, 3.63) is 77.1 Å². The average molecular weight is 332 g/mol. The molecule has 1 atom stereocenters. The summed E-state index contributed by atoms with van der Waals surface area (Å²) in [6.07, 6.45) is 5.62. The van der Waals surface area contributed by atoms with E-state index in [4.69, 9.17) is 0 Å². The van der Waals surface area contributed by atoms with Crippen LogP contribution >= 0.6 is 0 Å². The summed E-state index contributed by atoms with van der Waals surface area (Å²) in [7, 11) is 0. The van der Waals surface area contributed by atoms with E-state index in [0.29, 0.717) is 6.04 Å². The molecule has 4 rings (SSSR count). The highest BCUT2D eigenvalue weighted by Crippen LogP contribution is 2.46. The van der Waals surface area contributed by atoms with Gasteiger partial charge in [-0.1, -0.05) is 61.4 Å². The fourth-order valence-electron chi connectivity index (χ4n) is 4.59. The van der Waals surface area contributed by atoms with Gasteiger partial charge >= 0.3 is 0 Å². The molecular weight excluding hydrogens is 304 g/mol. The van der Waals surface area contributed by atoms with Crippen molar-refractivity contribution in [3.63, 3.8) is 0 Å². The number of hydrogen-bond acceptors (Lipinski definition) is 2. The molecule has 2 aliphatic rings. The Morgan fingerprint density at radius 1 is 0.760 bits per heavy atom. The Balaban J connectivity index is 1.85. The summed E-state index contributed by atoms with van der Waals surface area (Å²) in [4.78, 5) is 5.25. The van der Waals surface area contributed by atoms with E-state index in [0.717, 1.165) is 0 Å². The van der Waals surface area contributed by atoms with Crippen molar-refractivity contribution >= 4 is 5.69 Å². The SMILES string of the molecule is CC1=C(C)N(C2CCCC2)C(c2ccccc2)N1c1ccccc1C. The fraction of sp³-hybridized carbons (Fsp3) is 0.391. The lowest BCUT2D eigenvalue weighted by molar-refractivity contribution is 0.207. The number of anilines is 1. The molecule has 1 saturated carbocycles. The molecule has 1 aliphatic heterocycles. The average Bonchev–Trinajstić information content (AvgIpc) is 3.24. The van der Waals surface area contributed by atoms with Crippen LogP contribution in [0.1, 0.15) is 56.8 Å². The van der Waals surface area contributed by atoms with Crippen LogP contribution in [0.25, 0.3) is 0 Å². The van der Waals surface area contributed by atoms with Crippen LogP contribution in [0.4, 0.5) is 5.69 Å². The molecular formula is C23H28N2. The van der Waals surface area contributed by atoms with Crippen LogP contribution in [-0.4, -0.2) is 10.9 Å². The Morgan fingerprint density at radius 2 is 1.40 bits per heavy atom. The normalized spacial score (nSPS) is 21.5. The van der Waals surface area contributed by atoms with E-state index in [1.54, 1.807) is 0 Å². The van der Waals surface area contributed by atoms with E-state index in [-0.39, 0.29) is 6.17 Å². The van der Waals surface area contributed by atoms with Crippen LogP contribution in [0.3, 0.4) is 0 Å². The van der Waals surface area contributed by atoms with Crippen molar-refractivity contribution in [1.82, 2.24) is 4.90 Å². The Bertz CT molecular complexity index is 772. The highest BCUT2D eigenvalue weighted by Gasteiger charge is 2.40. The molecule has 1 unspecified atom stereocenters. The van der Waals surface area contributed by atoms with Crippen molar-refractivity contribution in [1.29, 1.82) is 0 Å². The standard InChI is InChI=1S/C23H28N2/c1-17-11-7-10-16-22(17)25-19(3)18(2)24(21-14-8-9-15-21)23(25)20-12-5-4-6-13-20/h4-7,10-13,16,21,23H,8-9,14-15H2,1-3H3. The molecule has 1 fully saturated rings. The third-order valence-corrected chi connectivity index (χ3v) is 5.97. The first-order chi connectivity index (χ1) is 12.2. The zero-order valence-corrected chi connectivity index (χ0v) is 15.6. The fourth-order valence-corrected chi connectivity index (χ4v) is 4.59. The van der Waals surface area contributed by atoms with Crippen LogP contribution in [0, 0.1) is 6.92 Å². The van der Waals surface area contributed by atoms with Gasteiger partial charge in [0.15, 0.2) is 0 Å². The molecule has 0 N–H and O–H groups in total. The summed E-state index contributed by atoms with van der Waals surface area (Å²) in [6, 6.07) is 20.4. The van der Waals surface area contributed by atoms with E-state index in [1.807, 2.05) is 0 Å². The van der Waals surface area contributed by atoms with Gasteiger partial charge in [0.05, 0.1) is 0 Å². The van der Waals surface area contributed by atoms with Gasteiger partial charge in [0.25, 0.3) is 0 Å². The van der Waals surface area contributed by atoms with E-state index < -0.39 is 0 Å². The summed E-state index contributed by atoms with van der Waals surface area (Å²) in [5, 5.41) is 0. The first-order valence-corrected chi connectivity index (χ1v) is 9.54. The minimum absolute atomic E-state index is 0.269. The van der Waals surface area contributed by atoms with Crippen LogP contribution in [0.15, 0.2) is 66.0 Å². The molecule has 1 heterocycles. The summed E-state index contributed by atoms with van der Waals surface area (Å²) >= 11 is 0. The summed E-state index contributed by atoms with van der Waals surface area (Å²) < 4.78 is 0. The Morgan fingerprint density at radius 3 is 2.08 bits per heavy atom. The lowest BCUT2D eigenvalue weighted by Crippen LogP contribution is -2.38. The Kier molecular flexibility index (Phi) is 4.29. The monoisotopic (exact) mass is 332 g/mol. The molecule has 0 spiro atoms. The molecule has 1 aliphatic carbocycles. The number of allylic oxidation sites excluding steroid dienone is 2. The second-order valence-corrected chi connectivity index (χ2v) is 7.46.